The van der Waals surface area contributed by atoms with Crippen molar-refractivity contribution in [2.45, 2.75) is 11.4 Å². The topological polar surface area (TPSA) is 79.8 Å². The van der Waals surface area contributed by atoms with Crippen molar-refractivity contribution in [2.24, 2.45) is 0 Å². The Balaban J connectivity index is 1.85. The standard InChI is InChI=1S/C20H16ClN3O4S/c1-28-17-8-2-5-14(11-17)13-23-20(25)24(16-7-3-6-15(21)12-16)19-18(29(23,26)27)9-4-10-22-19/h2-12H,13H2,1H3. The molecule has 9 heteroatoms. The van der Waals surface area contributed by atoms with E-state index in [0.717, 1.165) is 4.31 Å². The number of anilines is 2. The molecule has 0 N–H and O–H groups in total. The van der Waals surface area contributed by atoms with Crippen LogP contribution in [0.1, 0.15) is 5.56 Å². The van der Waals surface area contributed by atoms with Crippen LogP contribution >= 0.6 is 11.6 Å². The Kier molecular flexibility index (Phi) is 4.89. The number of nitrogens with zero attached hydrogens (tertiary/aromatic N) is 3. The molecule has 0 saturated carbocycles. The number of hydrogen-bond acceptors (Lipinski definition) is 5. The Hall–Kier alpha value is -3.10. The number of amides is 2. The van der Waals surface area contributed by atoms with E-state index in [9.17, 15) is 13.2 Å². The number of carbonyl (C=O) groups is 1. The predicted octanol–water partition coefficient (Wildman–Crippen LogP) is 4.21. The number of halogens is 1. The van der Waals surface area contributed by atoms with E-state index in [2.05, 4.69) is 4.98 Å². The van der Waals surface area contributed by atoms with E-state index in [0.29, 0.717) is 22.0 Å². The van der Waals surface area contributed by atoms with Crippen LogP contribution in [-0.4, -0.2) is 30.8 Å². The molecule has 3 aromatic rings. The Bertz CT molecular complexity index is 1200. The second-order valence-corrected chi connectivity index (χ2v) is 8.55. The smallest absolute Gasteiger partial charge is 0.344 e. The molecular formula is C20H16ClN3O4S. The third-order valence-electron chi connectivity index (χ3n) is 4.46. The molecule has 0 fully saturated rings. The zero-order valence-corrected chi connectivity index (χ0v) is 16.9. The van der Waals surface area contributed by atoms with Crippen molar-refractivity contribution in [1.82, 2.24) is 9.29 Å². The van der Waals surface area contributed by atoms with Crippen molar-refractivity contribution < 1.29 is 17.9 Å². The van der Waals surface area contributed by atoms with Crippen LogP contribution in [0.2, 0.25) is 5.02 Å². The first-order valence-corrected chi connectivity index (χ1v) is 10.4. The van der Waals surface area contributed by atoms with Crippen molar-refractivity contribution in [2.75, 3.05) is 12.0 Å². The summed E-state index contributed by atoms with van der Waals surface area (Å²) in [7, 11) is -2.58. The quantitative estimate of drug-likeness (QED) is 0.620. The third kappa shape index (κ3) is 3.41. The predicted molar refractivity (Wildman–Crippen MR) is 109 cm³/mol. The van der Waals surface area contributed by atoms with Gasteiger partial charge in [0.05, 0.1) is 19.3 Å². The van der Waals surface area contributed by atoms with Gasteiger partial charge in [-0.3, -0.25) is 0 Å². The summed E-state index contributed by atoms with van der Waals surface area (Å²) in [6.07, 6.45) is 1.44. The van der Waals surface area contributed by atoms with Gasteiger partial charge >= 0.3 is 6.03 Å². The number of ether oxygens (including phenoxy) is 1. The summed E-state index contributed by atoms with van der Waals surface area (Å²) in [4.78, 5) is 18.7. The number of sulfonamides is 1. The van der Waals surface area contributed by atoms with Crippen LogP contribution in [0.25, 0.3) is 0 Å². The highest BCUT2D eigenvalue weighted by molar-refractivity contribution is 7.90. The number of fused-ring (bicyclic) bond motifs is 1. The van der Waals surface area contributed by atoms with Gasteiger partial charge in [-0.05, 0) is 48.0 Å². The first-order chi connectivity index (χ1) is 13.9. The minimum atomic E-state index is -4.10. The fourth-order valence-electron chi connectivity index (χ4n) is 3.11. The molecule has 0 unspecified atom stereocenters. The normalized spacial score (nSPS) is 15.2. The fraction of sp³-hybridized carbons (Fsp3) is 0.100. The monoisotopic (exact) mass is 429 g/mol. The van der Waals surface area contributed by atoms with Crippen LogP contribution < -0.4 is 9.64 Å². The highest BCUT2D eigenvalue weighted by Crippen LogP contribution is 2.38. The molecule has 4 rings (SSSR count). The maximum Gasteiger partial charge on any atom is 0.344 e. The Morgan fingerprint density at radius 3 is 2.62 bits per heavy atom. The maximum atomic E-state index is 13.3. The molecule has 1 aromatic heterocycles. The molecule has 29 heavy (non-hydrogen) atoms. The molecule has 0 spiro atoms. The Morgan fingerprint density at radius 2 is 1.86 bits per heavy atom. The summed E-state index contributed by atoms with van der Waals surface area (Å²) in [5.74, 6) is 0.611. The highest BCUT2D eigenvalue weighted by Gasteiger charge is 2.43. The molecule has 0 atom stereocenters. The number of benzene rings is 2. The third-order valence-corrected chi connectivity index (χ3v) is 6.44. The SMILES string of the molecule is COc1cccc(CN2C(=O)N(c3cccc(Cl)c3)c3ncccc3S2(=O)=O)c1. The number of pyridine rings is 1. The average molecular weight is 430 g/mol. The molecule has 148 valence electrons. The lowest BCUT2D eigenvalue weighted by molar-refractivity contribution is 0.229. The summed E-state index contributed by atoms with van der Waals surface area (Å²) < 4.78 is 32.4. The molecule has 2 aromatic carbocycles. The van der Waals surface area contributed by atoms with Crippen LogP contribution in [-0.2, 0) is 16.6 Å². The van der Waals surface area contributed by atoms with Gasteiger partial charge in [0, 0.05) is 11.2 Å². The van der Waals surface area contributed by atoms with Gasteiger partial charge in [-0.1, -0.05) is 29.8 Å². The zero-order chi connectivity index (χ0) is 20.6. The molecule has 1 aliphatic rings. The number of rotatable bonds is 4. The minimum absolute atomic E-state index is 0.0432. The van der Waals surface area contributed by atoms with Gasteiger partial charge in [-0.25, -0.2) is 27.4 Å². The largest absolute Gasteiger partial charge is 0.497 e. The average Bonchev–Trinajstić information content (AvgIpc) is 2.72. The fourth-order valence-corrected chi connectivity index (χ4v) is 4.77. The van der Waals surface area contributed by atoms with Gasteiger partial charge in [0.1, 0.15) is 10.6 Å². The van der Waals surface area contributed by atoms with Crippen molar-refractivity contribution in [1.29, 1.82) is 0 Å². The van der Waals surface area contributed by atoms with Crippen LogP contribution in [0.3, 0.4) is 0 Å². The number of methoxy groups -OCH3 is 1. The molecule has 2 amide bonds. The van der Waals surface area contributed by atoms with Gasteiger partial charge in [0.25, 0.3) is 10.0 Å². The first kappa shape index (κ1) is 19.2. The van der Waals surface area contributed by atoms with E-state index >= 15 is 0 Å². The van der Waals surface area contributed by atoms with Gasteiger partial charge in [-0.2, -0.15) is 0 Å². The lowest BCUT2D eigenvalue weighted by Gasteiger charge is -2.35. The van der Waals surface area contributed by atoms with Crippen molar-refractivity contribution in [3.63, 3.8) is 0 Å². The van der Waals surface area contributed by atoms with E-state index in [1.165, 1.54) is 30.3 Å². The van der Waals surface area contributed by atoms with Gasteiger partial charge < -0.3 is 4.74 Å². The van der Waals surface area contributed by atoms with Crippen molar-refractivity contribution in [3.05, 3.63) is 77.4 Å². The van der Waals surface area contributed by atoms with Gasteiger partial charge in [-0.15, -0.1) is 0 Å². The minimum Gasteiger partial charge on any atom is -0.497 e. The summed E-state index contributed by atoms with van der Waals surface area (Å²) in [5, 5.41) is 0.417. The lowest BCUT2D eigenvalue weighted by atomic mass is 10.2. The molecule has 0 radical (unpaired) electrons. The van der Waals surface area contributed by atoms with Crippen LogP contribution in [0.5, 0.6) is 5.75 Å². The number of hydrogen-bond donors (Lipinski definition) is 0. The summed E-state index contributed by atoms with van der Waals surface area (Å²) in [6, 6.07) is 15.7. The second-order valence-electron chi connectivity index (χ2n) is 6.29. The molecule has 1 aliphatic heterocycles. The van der Waals surface area contributed by atoms with Gasteiger partial charge in [0.2, 0.25) is 0 Å². The highest BCUT2D eigenvalue weighted by atomic mass is 35.5. The molecule has 0 bridgehead atoms. The van der Waals surface area contributed by atoms with Crippen LogP contribution in [0.4, 0.5) is 16.3 Å². The van der Waals surface area contributed by atoms with Gasteiger partial charge in [0.15, 0.2) is 5.82 Å². The molecule has 7 nitrogen and oxygen atoms in total. The Labute approximate surface area is 173 Å². The van der Waals surface area contributed by atoms with Crippen LogP contribution in [0.15, 0.2) is 71.8 Å². The molecular weight excluding hydrogens is 414 g/mol. The lowest BCUT2D eigenvalue weighted by Crippen LogP contribution is -2.48. The molecule has 2 heterocycles. The Morgan fingerprint density at radius 1 is 1.07 bits per heavy atom. The zero-order valence-electron chi connectivity index (χ0n) is 15.3. The number of carbonyl (C=O) groups excluding carboxylic acids is 1. The van der Waals surface area contributed by atoms with E-state index < -0.39 is 16.1 Å². The van der Waals surface area contributed by atoms with Crippen LogP contribution in [0, 0.1) is 0 Å². The second kappa shape index (κ2) is 7.38. The number of urea groups is 1. The molecule has 0 aliphatic carbocycles. The van der Waals surface area contributed by atoms with E-state index in [1.54, 1.807) is 48.5 Å². The number of aromatic nitrogens is 1. The first-order valence-electron chi connectivity index (χ1n) is 8.62. The summed E-state index contributed by atoms with van der Waals surface area (Å²) >= 11 is 6.09. The van der Waals surface area contributed by atoms with Crippen molar-refractivity contribution >= 4 is 39.2 Å². The summed E-state index contributed by atoms with van der Waals surface area (Å²) in [6.45, 7) is -0.149. The molecule has 0 saturated heterocycles. The van der Waals surface area contributed by atoms with E-state index in [4.69, 9.17) is 16.3 Å². The summed E-state index contributed by atoms with van der Waals surface area (Å²) in [5.41, 5.74) is 1.03. The van der Waals surface area contributed by atoms with E-state index in [1.807, 2.05) is 0 Å². The van der Waals surface area contributed by atoms with E-state index in [-0.39, 0.29) is 17.3 Å². The van der Waals surface area contributed by atoms with Crippen molar-refractivity contribution in [3.8, 4) is 5.75 Å². The maximum absolute atomic E-state index is 13.3.